The fourth-order valence-electron chi connectivity index (χ4n) is 4.80. The van der Waals surface area contributed by atoms with Gasteiger partial charge in [-0.15, -0.1) is 0 Å². The molecule has 3 aromatic rings. The molecule has 5 rings (SSSR count). The third-order valence-corrected chi connectivity index (χ3v) is 7.55. The average molecular weight is 539 g/mol. The molecule has 2 saturated heterocycles. The van der Waals surface area contributed by atoms with Crippen molar-refractivity contribution in [1.29, 1.82) is 0 Å². The monoisotopic (exact) mass is 538 g/mol. The molecule has 0 atom stereocenters. The van der Waals surface area contributed by atoms with Crippen LogP contribution in [0.5, 0.6) is 0 Å². The van der Waals surface area contributed by atoms with Gasteiger partial charge in [-0.2, -0.15) is 0 Å². The van der Waals surface area contributed by atoms with Crippen LogP contribution in [0.3, 0.4) is 0 Å². The lowest BCUT2D eigenvalue weighted by Gasteiger charge is -2.35. The van der Waals surface area contributed by atoms with E-state index in [9.17, 15) is 4.79 Å². The highest BCUT2D eigenvalue weighted by Gasteiger charge is 2.23. The number of likely N-dealkylation sites (N-methyl/N-ethyl adjacent to an activating group) is 2. The summed E-state index contributed by atoms with van der Waals surface area (Å²) in [7, 11) is 4.13. The zero-order chi connectivity index (χ0) is 26.8. The summed E-state index contributed by atoms with van der Waals surface area (Å²) in [6, 6.07) is 10.5. The average Bonchev–Trinajstić information content (AvgIpc) is 2.92. The van der Waals surface area contributed by atoms with Crippen LogP contribution in [0.15, 0.2) is 42.7 Å². The van der Waals surface area contributed by atoms with Crippen LogP contribution >= 0.6 is 11.6 Å². The van der Waals surface area contributed by atoms with Crippen molar-refractivity contribution in [2.45, 2.75) is 0 Å². The molecule has 0 aliphatic carbocycles. The van der Waals surface area contributed by atoms with E-state index in [1.807, 2.05) is 25.2 Å². The normalized spacial score (nSPS) is 17.1. The van der Waals surface area contributed by atoms with Crippen molar-refractivity contribution in [3.63, 3.8) is 0 Å². The van der Waals surface area contributed by atoms with Crippen molar-refractivity contribution in [2.24, 2.45) is 0 Å². The fourth-order valence-corrected chi connectivity index (χ4v) is 4.94. The lowest BCUT2D eigenvalue weighted by molar-refractivity contribution is 0.0663. The molecule has 2 aromatic carbocycles. The van der Waals surface area contributed by atoms with E-state index in [2.05, 4.69) is 37.0 Å². The van der Waals surface area contributed by atoms with E-state index in [1.54, 1.807) is 17.0 Å². The summed E-state index contributed by atoms with van der Waals surface area (Å²) in [6.45, 7) is 6.45. The number of nitrogen functional groups attached to an aromatic ring is 1. The number of amides is 1. The number of hydrogen-bond donors (Lipinski definition) is 2. The van der Waals surface area contributed by atoms with Gasteiger partial charge in [0.15, 0.2) is 11.0 Å². The van der Waals surface area contributed by atoms with Gasteiger partial charge < -0.3 is 30.7 Å². The van der Waals surface area contributed by atoms with Gasteiger partial charge in [0.05, 0.1) is 11.4 Å². The molecule has 0 radical (unpaired) electrons. The highest BCUT2D eigenvalue weighted by atomic mass is 35.5. The molecule has 11 heteroatoms. The van der Waals surface area contributed by atoms with Crippen LogP contribution in [0.4, 0.5) is 27.3 Å². The first-order valence-electron chi connectivity index (χ1n) is 12.7. The molecule has 200 valence electrons. The number of piperazine rings is 2. The van der Waals surface area contributed by atoms with Crippen molar-refractivity contribution >= 4 is 40.4 Å². The van der Waals surface area contributed by atoms with Crippen molar-refractivity contribution < 1.29 is 9.18 Å². The van der Waals surface area contributed by atoms with Gasteiger partial charge in [0.2, 0.25) is 0 Å². The molecule has 2 fully saturated rings. The predicted octanol–water partition coefficient (Wildman–Crippen LogP) is 3.40. The van der Waals surface area contributed by atoms with Crippen LogP contribution in [0.2, 0.25) is 5.15 Å². The second kappa shape index (κ2) is 11.1. The Labute approximate surface area is 227 Å². The molecule has 0 bridgehead atoms. The number of anilines is 4. The summed E-state index contributed by atoms with van der Waals surface area (Å²) in [4.78, 5) is 29.6. The number of hydrogen-bond acceptors (Lipinski definition) is 8. The molecule has 0 unspecified atom stereocenters. The number of nitrogens with zero attached hydrogens (tertiary/aromatic N) is 6. The molecule has 1 amide bonds. The minimum atomic E-state index is -0.451. The highest BCUT2D eigenvalue weighted by Crippen LogP contribution is 2.36. The Morgan fingerprint density at radius 2 is 1.63 bits per heavy atom. The number of nitrogens with two attached hydrogens (primary N) is 1. The van der Waals surface area contributed by atoms with E-state index >= 15 is 4.39 Å². The van der Waals surface area contributed by atoms with Gasteiger partial charge in [-0.05, 0) is 43.9 Å². The lowest BCUT2D eigenvalue weighted by atomic mass is 10.0. The van der Waals surface area contributed by atoms with Gasteiger partial charge in [0, 0.05) is 63.5 Å². The Bertz CT molecular complexity index is 1320. The summed E-state index contributed by atoms with van der Waals surface area (Å²) < 4.78 is 15.4. The van der Waals surface area contributed by atoms with E-state index in [4.69, 9.17) is 17.3 Å². The Balaban J connectivity index is 1.46. The number of carbonyl (C=O) groups is 1. The molecule has 1 aromatic heterocycles. The van der Waals surface area contributed by atoms with Gasteiger partial charge in [0.25, 0.3) is 5.91 Å². The van der Waals surface area contributed by atoms with Crippen molar-refractivity contribution in [3.8, 4) is 11.1 Å². The molecule has 2 aliphatic rings. The van der Waals surface area contributed by atoms with Crippen LogP contribution in [-0.2, 0) is 0 Å². The van der Waals surface area contributed by atoms with Crippen LogP contribution in [0.1, 0.15) is 10.4 Å². The maximum absolute atomic E-state index is 15.4. The van der Waals surface area contributed by atoms with E-state index in [0.29, 0.717) is 35.6 Å². The van der Waals surface area contributed by atoms with Gasteiger partial charge in [-0.3, -0.25) is 4.79 Å². The Kier molecular flexibility index (Phi) is 7.64. The fraction of sp³-hybridized carbons (Fsp3) is 0.370. The smallest absolute Gasteiger partial charge is 0.254 e. The third-order valence-electron chi connectivity index (χ3n) is 7.25. The summed E-state index contributed by atoms with van der Waals surface area (Å²) >= 11 is 6.12. The number of halogens is 2. The van der Waals surface area contributed by atoms with E-state index in [-0.39, 0.29) is 16.7 Å². The third kappa shape index (κ3) is 5.52. The van der Waals surface area contributed by atoms with Gasteiger partial charge in [-0.1, -0.05) is 23.7 Å². The maximum atomic E-state index is 15.4. The Morgan fingerprint density at radius 3 is 2.32 bits per heavy atom. The molecule has 2 aliphatic heterocycles. The van der Waals surface area contributed by atoms with Crippen LogP contribution in [0, 0.1) is 5.82 Å². The molecule has 38 heavy (non-hydrogen) atoms. The Hall–Kier alpha value is -3.47. The molecule has 3 heterocycles. The van der Waals surface area contributed by atoms with Gasteiger partial charge in [-0.25, -0.2) is 14.4 Å². The zero-order valence-electron chi connectivity index (χ0n) is 21.6. The number of aromatic nitrogens is 2. The lowest BCUT2D eigenvalue weighted by Crippen LogP contribution is -2.47. The molecular formula is C27H32ClFN8O. The molecular weight excluding hydrogens is 507 g/mol. The number of benzene rings is 2. The standard InChI is InChI=1S/C27H32ClFN8O/c1-34-7-11-36(12-8-34)23-6-4-18(16-22(23)33-26-24(30)25(28)31-17-32-26)20-5-3-19(15-21(20)29)27(38)37-13-9-35(2)10-14-37/h3-6,15-17H,7-14,30H2,1-2H3,(H,31,32,33). The van der Waals surface area contributed by atoms with Crippen LogP contribution in [0.25, 0.3) is 11.1 Å². The van der Waals surface area contributed by atoms with E-state index in [1.165, 1.54) is 12.4 Å². The minimum Gasteiger partial charge on any atom is -0.393 e. The second-order valence-electron chi connectivity index (χ2n) is 9.86. The van der Waals surface area contributed by atoms with E-state index in [0.717, 1.165) is 50.6 Å². The second-order valence-corrected chi connectivity index (χ2v) is 10.2. The minimum absolute atomic E-state index is 0.146. The van der Waals surface area contributed by atoms with E-state index < -0.39 is 5.82 Å². The summed E-state index contributed by atoms with van der Waals surface area (Å²) in [6.07, 6.45) is 1.34. The zero-order valence-corrected chi connectivity index (χ0v) is 22.4. The molecule has 3 N–H and O–H groups in total. The first-order valence-corrected chi connectivity index (χ1v) is 13.1. The first-order chi connectivity index (χ1) is 18.3. The number of rotatable bonds is 5. The highest BCUT2D eigenvalue weighted by molar-refractivity contribution is 6.32. The maximum Gasteiger partial charge on any atom is 0.254 e. The van der Waals surface area contributed by atoms with Crippen molar-refractivity contribution in [1.82, 2.24) is 24.7 Å². The summed E-state index contributed by atoms with van der Waals surface area (Å²) in [5.74, 6) is -0.216. The topological polar surface area (TPSA) is 93.9 Å². The van der Waals surface area contributed by atoms with Crippen molar-refractivity contribution in [3.05, 3.63) is 59.3 Å². The molecule has 9 nitrogen and oxygen atoms in total. The molecule has 0 saturated carbocycles. The van der Waals surface area contributed by atoms with Crippen LogP contribution < -0.4 is 16.0 Å². The SMILES string of the molecule is CN1CCN(C(=O)c2ccc(-c3ccc(N4CCN(C)CC4)c(Nc4ncnc(Cl)c4N)c3)c(F)c2)CC1. The Morgan fingerprint density at radius 1 is 0.947 bits per heavy atom. The quantitative estimate of drug-likeness (QED) is 0.477. The number of carbonyl (C=O) groups excluding carboxylic acids is 1. The summed E-state index contributed by atoms with van der Waals surface area (Å²) in [5, 5.41) is 3.45. The first kappa shape index (κ1) is 26.1. The molecule has 0 spiro atoms. The summed E-state index contributed by atoms with van der Waals surface area (Å²) in [5.41, 5.74) is 9.47. The number of nitrogens with one attached hydrogen (secondary N) is 1. The predicted molar refractivity (Wildman–Crippen MR) is 150 cm³/mol. The van der Waals surface area contributed by atoms with Gasteiger partial charge >= 0.3 is 0 Å². The van der Waals surface area contributed by atoms with Crippen molar-refractivity contribution in [2.75, 3.05) is 82.4 Å². The van der Waals surface area contributed by atoms with Gasteiger partial charge in [0.1, 0.15) is 17.8 Å². The largest absolute Gasteiger partial charge is 0.393 e. The van der Waals surface area contributed by atoms with Crippen LogP contribution in [-0.4, -0.2) is 97.0 Å².